The van der Waals surface area contributed by atoms with Crippen molar-refractivity contribution in [2.45, 2.75) is 31.9 Å². The van der Waals surface area contributed by atoms with Gasteiger partial charge in [0.05, 0.1) is 18.4 Å². The van der Waals surface area contributed by atoms with Crippen molar-refractivity contribution in [3.63, 3.8) is 0 Å². The van der Waals surface area contributed by atoms with Crippen molar-refractivity contribution < 1.29 is 14.7 Å². The van der Waals surface area contributed by atoms with E-state index < -0.39 is 6.10 Å². The van der Waals surface area contributed by atoms with Crippen LogP contribution in [-0.2, 0) is 16.1 Å². The van der Waals surface area contributed by atoms with E-state index in [1.54, 1.807) is 22.8 Å². The molecule has 0 radical (unpaired) electrons. The number of aromatic nitrogens is 2. The molecule has 1 aromatic carbocycles. The minimum atomic E-state index is -0.986. The molecule has 0 aliphatic carbocycles. The Morgan fingerprint density at radius 3 is 2.85 bits per heavy atom. The molecule has 1 saturated heterocycles. The van der Waals surface area contributed by atoms with Crippen molar-refractivity contribution in [1.29, 1.82) is 0 Å². The number of para-hydroxylation sites is 1. The van der Waals surface area contributed by atoms with Gasteiger partial charge in [-0.25, -0.2) is 4.68 Å². The van der Waals surface area contributed by atoms with Gasteiger partial charge >= 0.3 is 0 Å². The van der Waals surface area contributed by atoms with Gasteiger partial charge in [-0.15, -0.1) is 0 Å². The number of likely N-dealkylation sites (tertiary alicyclic amines) is 1. The fraction of sp³-hybridized carbons (Fsp3) is 0.421. The predicted molar refractivity (Wildman–Crippen MR) is 96.5 cm³/mol. The Bertz CT molecular complexity index is 759. The molecule has 0 spiro atoms. The summed E-state index contributed by atoms with van der Waals surface area (Å²) in [6.07, 6.45) is 4.71. The molecule has 3 rings (SSSR count). The number of hydrogen-bond acceptors (Lipinski definition) is 4. The van der Waals surface area contributed by atoms with Gasteiger partial charge in [0.15, 0.2) is 0 Å². The van der Waals surface area contributed by atoms with Gasteiger partial charge in [-0.3, -0.25) is 9.59 Å². The second-order valence-electron chi connectivity index (χ2n) is 6.65. The van der Waals surface area contributed by atoms with Gasteiger partial charge in [-0.2, -0.15) is 5.10 Å². The third-order valence-corrected chi connectivity index (χ3v) is 4.58. The van der Waals surface area contributed by atoms with Crippen molar-refractivity contribution in [1.82, 2.24) is 19.6 Å². The number of rotatable bonds is 5. The standard InChI is InChI=1S/C19H24N4O3/c1-21(18(25)14-22-10-6-5-9-17(24)19(22)26)12-15-11-20-23(13-15)16-7-3-2-4-8-16/h2-4,7-8,11,13,17,24H,5-6,9-10,12,14H2,1H3. The molecule has 1 unspecified atom stereocenters. The average Bonchev–Trinajstić information content (AvgIpc) is 3.06. The first-order valence-electron chi connectivity index (χ1n) is 8.84. The number of aliphatic hydroxyl groups excluding tert-OH is 1. The lowest BCUT2D eigenvalue weighted by Crippen LogP contribution is -2.44. The van der Waals surface area contributed by atoms with Crippen LogP contribution >= 0.6 is 0 Å². The van der Waals surface area contributed by atoms with E-state index in [4.69, 9.17) is 0 Å². The highest BCUT2D eigenvalue weighted by molar-refractivity contribution is 5.87. The van der Waals surface area contributed by atoms with E-state index in [0.29, 0.717) is 19.5 Å². The Hall–Kier alpha value is -2.67. The summed E-state index contributed by atoms with van der Waals surface area (Å²) in [6.45, 7) is 0.927. The molecule has 138 valence electrons. The maximum Gasteiger partial charge on any atom is 0.251 e. The Kier molecular flexibility index (Phi) is 5.68. The lowest BCUT2D eigenvalue weighted by Gasteiger charge is -2.24. The van der Waals surface area contributed by atoms with Crippen LogP contribution in [0.4, 0.5) is 0 Å². The zero-order valence-electron chi connectivity index (χ0n) is 14.9. The van der Waals surface area contributed by atoms with Gasteiger partial charge in [0, 0.05) is 31.9 Å². The monoisotopic (exact) mass is 356 g/mol. The molecule has 0 bridgehead atoms. The molecule has 2 amide bonds. The normalized spacial score (nSPS) is 17.8. The maximum absolute atomic E-state index is 12.5. The van der Waals surface area contributed by atoms with Gasteiger partial charge in [0.1, 0.15) is 6.10 Å². The van der Waals surface area contributed by atoms with E-state index in [9.17, 15) is 14.7 Å². The summed E-state index contributed by atoms with van der Waals surface area (Å²) < 4.78 is 1.77. The van der Waals surface area contributed by atoms with Crippen LogP contribution in [0.1, 0.15) is 24.8 Å². The second kappa shape index (κ2) is 8.14. The van der Waals surface area contributed by atoms with Gasteiger partial charge in [-0.05, 0) is 31.4 Å². The third kappa shape index (κ3) is 4.29. The summed E-state index contributed by atoms with van der Waals surface area (Å²) in [6, 6.07) is 9.75. The van der Waals surface area contributed by atoms with Crippen LogP contribution in [0.2, 0.25) is 0 Å². The SMILES string of the molecule is CN(Cc1cnn(-c2ccccc2)c1)C(=O)CN1CCCCC(O)C1=O. The summed E-state index contributed by atoms with van der Waals surface area (Å²) in [7, 11) is 1.71. The van der Waals surface area contributed by atoms with Crippen LogP contribution in [0.15, 0.2) is 42.7 Å². The average molecular weight is 356 g/mol. The fourth-order valence-corrected chi connectivity index (χ4v) is 3.05. The highest BCUT2D eigenvalue weighted by Gasteiger charge is 2.27. The molecule has 26 heavy (non-hydrogen) atoms. The van der Waals surface area contributed by atoms with Crippen LogP contribution in [-0.4, -0.2) is 62.7 Å². The summed E-state index contributed by atoms with van der Waals surface area (Å²) >= 11 is 0. The highest BCUT2D eigenvalue weighted by Crippen LogP contribution is 2.13. The smallest absolute Gasteiger partial charge is 0.251 e. The van der Waals surface area contributed by atoms with Crippen molar-refractivity contribution in [3.05, 3.63) is 48.3 Å². The second-order valence-corrected chi connectivity index (χ2v) is 6.65. The molecule has 0 saturated carbocycles. The number of nitrogens with zero attached hydrogens (tertiary/aromatic N) is 4. The summed E-state index contributed by atoms with van der Waals surface area (Å²) in [4.78, 5) is 27.6. The maximum atomic E-state index is 12.5. The summed E-state index contributed by atoms with van der Waals surface area (Å²) in [5.74, 6) is -0.499. The molecule has 7 nitrogen and oxygen atoms in total. The van der Waals surface area contributed by atoms with Crippen LogP contribution in [0.25, 0.3) is 5.69 Å². The molecular weight excluding hydrogens is 332 g/mol. The third-order valence-electron chi connectivity index (χ3n) is 4.58. The number of carbonyl (C=O) groups is 2. The first kappa shape index (κ1) is 18.1. The topological polar surface area (TPSA) is 78.7 Å². The van der Waals surface area contributed by atoms with Gasteiger partial charge in [0.2, 0.25) is 5.91 Å². The lowest BCUT2D eigenvalue weighted by atomic mass is 10.2. The van der Waals surface area contributed by atoms with Gasteiger partial charge in [-0.1, -0.05) is 18.2 Å². The molecular formula is C19H24N4O3. The van der Waals surface area contributed by atoms with E-state index in [2.05, 4.69) is 5.10 Å². The quantitative estimate of drug-likeness (QED) is 0.873. The molecule has 1 fully saturated rings. The van der Waals surface area contributed by atoms with E-state index in [1.165, 1.54) is 4.90 Å². The first-order chi connectivity index (χ1) is 12.5. The number of amides is 2. The van der Waals surface area contributed by atoms with Gasteiger partial charge < -0.3 is 14.9 Å². The Morgan fingerprint density at radius 2 is 2.08 bits per heavy atom. The number of hydrogen-bond donors (Lipinski definition) is 1. The van der Waals surface area contributed by atoms with Crippen LogP contribution in [0.5, 0.6) is 0 Å². The van der Waals surface area contributed by atoms with Crippen molar-refractivity contribution in [3.8, 4) is 5.69 Å². The largest absolute Gasteiger partial charge is 0.383 e. The van der Waals surface area contributed by atoms with Gasteiger partial charge in [0.25, 0.3) is 5.91 Å². The Morgan fingerprint density at radius 1 is 1.31 bits per heavy atom. The van der Waals surface area contributed by atoms with Crippen LogP contribution in [0, 0.1) is 0 Å². The zero-order valence-corrected chi connectivity index (χ0v) is 14.9. The van der Waals surface area contributed by atoms with E-state index in [0.717, 1.165) is 24.1 Å². The fourth-order valence-electron chi connectivity index (χ4n) is 3.05. The van der Waals surface area contributed by atoms with Crippen LogP contribution in [0.3, 0.4) is 0 Å². The Balaban J connectivity index is 1.59. The molecule has 2 heterocycles. The number of benzene rings is 1. The Labute approximate surface area is 152 Å². The number of likely N-dealkylation sites (N-methyl/N-ethyl adjacent to an activating group) is 1. The zero-order chi connectivity index (χ0) is 18.5. The molecule has 2 aromatic rings. The molecule has 1 aliphatic rings. The molecule has 1 aromatic heterocycles. The number of carbonyl (C=O) groups excluding carboxylic acids is 2. The molecule has 1 atom stereocenters. The highest BCUT2D eigenvalue weighted by atomic mass is 16.3. The first-order valence-corrected chi connectivity index (χ1v) is 8.84. The molecule has 1 N–H and O–H groups in total. The van der Waals surface area contributed by atoms with E-state index >= 15 is 0 Å². The molecule has 1 aliphatic heterocycles. The van der Waals surface area contributed by atoms with Crippen LogP contribution < -0.4 is 0 Å². The lowest BCUT2D eigenvalue weighted by molar-refractivity contribution is -0.145. The van der Waals surface area contributed by atoms with E-state index in [1.807, 2.05) is 36.5 Å². The van der Waals surface area contributed by atoms with Crippen molar-refractivity contribution in [2.24, 2.45) is 0 Å². The molecule has 7 heteroatoms. The summed E-state index contributed by atoms with van der Waals surface area (Å²) in [5.41, 5.74) is 1.86. The van der Waals surface area contributed by atoms with E-state index in [-0.39, 0.29) is 18.4 Å². The minimum absolute atomic E-state index is 0.000778. The summed E-state index contributed by atoms with van der Waals surface area (Å²) in [5, 5.41) is 14.1. The predicted octanol–water partition coefficient (Wildman–Crippen LogP) is 1.20. The minimum Gasteiger partial charge on any atom is -0.383 e. The van der Waals surface area contributed by atoms with Crippen molar-refractivity contribution >= 4 is 11.8 Å². The number of aliphatic hydroxyl groups is 1. The van der Waals surface area contributed by atoms with Crippen molar-refractivity contribution in [2.75, 3.05) is 20.1 Å².